The van der Waals surface area contributed by atoms with Crippen molar-refractivity contribution < 1.29 is 0 Å². The third-order valence-corrected chi connectivity index (χ3v) is 10.9. The Morgan fingerprint density at radius 2 is 1.06 bits per heavy atom. The van der Waals surface area contributed by atoms with Crippen molar-refractivity contribution in [2.45, 2.75) is 39.5 Å². The van der Waals surface area contributed by atoms with Gasteiger partial charge in [0.25, 0.3) is 0 Å². The smallest absolute Gasteiger partial charge is 0.247 e. The third-order valence-electron chi connectivity index (χ3n) is 10.9. The van der Waals surface area contributed by atoms with Crippen molar-refractivity contribution in [1.29, 1.82) is 0 Å². The van der Waals surface area contributed by atoms with Crippen LogP contribution in [0.15, 0.2) is 169 Å². The number of benzene rings is 6. The zero-order valence-electron chi connectivity index (χ0n) is 29.3. The van der Waals surface area contributed by atoms with Crippen molar-refractivity contribution in [3.05, 3.63) is 174 Å². The molecule has 0 bridgehead atoms. The molecule has 3 aliphatic rings. The normalized spacial score (nSPS) is 16.2. The van der Waals surface area contributed by atoms with Crippen LogP contribution in [0, 0.1) is 5.92 Å². The highest BCUT2D eigenvalue weighted by Crippen LogP contribution is 2.51. The maximum atomic E-state index is 2.60. The molecule has 3 heteroatoms. The van der Waals surface area contributed by atoms with Gasteiger partial charge >= 0.3 is 0 Å². The summed E-state index contributed by atoms with van der Waals surface area (Å²) in [7, 11) is 0. The van der Waals surface area contributed by atoms with Gasteiger partial charge in [-0.25, -0.2) is 0 Å². The van der Waals surface area contributed by atoms with Crippen molar-refractivity contribution in [3.8, 4) is 22.3 Å². The van der Waals surface area contributed by atoms with E-state index in [9.17, 15) is 0 Å². The molecule has 0 N–H and O–H groups in total. The van der Waals surface area contributed by atoms with Crippen LogP contribution in [0.5, 0.6) is 0 Å². The fourth-order valence-corrected chi connectivity index (χ4v) is 8.47. The first kappa shape index (κ1) is 30.5. The Labute approximate surface area is 297 Å². The van der Waals surface area contributed by atoms with Crippen LogP contribution < -0.4 is 20.7 Å². The Morgan fingerprint density at radius 3 is 1.66 bits per heavy atom. The number of hydrogen-bond acceptors (Lipinski definition) is 2. The standard InChI is InChI=1S/C47H41BN2/c1-32-18-17-29-42-45(32)48-38-25-13-16-28-41(38)49(39-26-14-11-23-36(39)33-19-7-5-8-20-33)43-30-35(47(2,3)4)31-44(46(43)48)50(42)40-27-15-12-24-37(40)34-21-9-6-10-22-34/h5-17,19-32H,18H2,1-4H3. The molecule has 50 heavy (non-hydrogen) atoms. The van der Waals surface area contributed by atoms with Gasteiger partial charge in [-0.3, -0.25) is 0 Å². The van der Waals surface area contributed by atoms with E-state index in [2.05, 4.69) is 195 Å². The second kappa shape index (κ2) is 11.8. The Balaban J connectivity index is 1.41. The molecule has 0 radical (unpaired) electrons. The van der Waals surface area contributed by atoms with Crippen LogP contribution in [0.4, 0.5) is 28.4 Å². The number of fused-ring (bicyclic) bond motifs is 3. The quantitative estimate of drug-likeness (QED) is 0.176. The van der Waals surface area contributed by atoms with Crippen molar-refractivity contribution in [2.75, 3.05) is 9.80 Å². The molecule has 6 aromatic rings. The molecule has 2 heterocycles. The van der Waals surface area contributed by atoms with Gasteiger partial charge in [0.05, 0.1) is 11.4 Å². The average molecular weight is 645 g/mol. The number of anilines is 5. The van der Waals surface area contributed by atoms with Crippen molar-refractivity contribution >= 4 is 46.1 Å². The second-order valence-electron chi connectivity index (χ2n) is 15.0. The molecule has 2 aliphatic heterocycles. The fraction of sp³-hybridized carbons (Fsp3) is 0.149. The number of para-hydroxylation sites is 3. The van der Waals surface area contributed by atoms with Crippen LogP contribution >= 0.6 is 0 Å². The molecule has 0 saturated heterocycles. The summed E-state index contributed by atoms with van der Waals surface area (Å²) >= 11 is 0. The minimum absolute atomic E-state index is 0.0718. The summed E-state index contributed by atoms with van der Waals surface area (Å²) < 4.78 is 0. The van der Waals surface area contributed by atoms with Crippen LogP contribution in [0.25, 0.3) is 22.3 Å². The number of rotatable bonds is 4. The zero-order valence-corrected chi connectivity index (χ0v) is 29.3. The highest BCUT2D eigenvalue weighted by Gasteiger charge is 2.46. The van der Waals surface area contributed by atoms with E-state index in [4.69, 9.17) is 0 Å². The van der Waals surface area contributed by atoms with E-state index in [1.54, 1.807) is 0 Å². The Kier molecular flexibility index (Phi) is 7.21. The minimum Gasteiger partial charge on any atom is -0.311 e. The van der Waals surface area contributed by atoms with Gasteiger partial charge in [0, 0.05) is 33.9 Å². The van der Waals surface area contributed by atoms with Gasteiger partial charge in [0.2, 0.25) is 6.71 Å². The van der Waals surface area contributed by atoms with Gasteiger partial charge in [-0.2, -0.15) is 0 Å². The van der Waals surface area contributed by atoms with Crippen LogP contribution in [0.3, 0.4) is 0 Å². The summed E-state index contributed by atoms with van der Waals surface area (Å²) in [6.45, 7) is 9.61. The van der Waals surface area contributed by atoms with E-state index >= 15 is 0 Å². The topological polar surface area (TPSA) is 6.48 Å². The molecular formula is C47H41BN2. The molecule has 1 unspecified atom stereocenters. The molecule has 0 aromatic heterocycles. The molecule has 9 rings (SSSR count). The third kappa shape index (κ3) is 4.79. The van der Waals surface area contributed by atoms with Gasteiger partial charge < -0.3 is 9.80 Å². The first-order chi connectivity index (χ1) is 24.4. The molecule has 1 atom stereocenters. The maximum absolute atomic E-state index is 2.60. The molecule has 242 valence electrons. The number of hydrogen-bond donors (Lipinski definition) is 0. The van der Waals surface area contributed by atoms with Crippen LogP contribution in [-0.4, -0.2) is 6.71 Å². The molecule has 0 fully saturated rings. The van der Waals surface area contributed by atoms with Gasteiger partial charge in [-0.15, -0.1) is 0 Å². The van der Waals surface area contributed by atoms with Crippen LogP contribution in [0.1, 0.15) is 39.7 Å². The lowest BCUT2D eigenvalue weighted by atomic mass is 9.31. The predicted octanol–water partition coefficient (Wildman–Crippen LogP) is 11.3. The SMILES string of the molecule is CC1CC=CC2=C1B1c3ccccc3N(c3ccccc3-c3ccccc3)c3cc(C(C)(C)C)cc(c31)N2c1ccccc1-c1ccccc1. The Morgan fingerprint density at radius 1 is 0.560 bits per heavy atom. The van der Waals surface area contributed by atoms with E-state index in [1.165, 1.54) is 78.3 Å². The second-order valence-corrected chi connectivity index (χ2v) is 15.0. The van der Waals surface area contributed by atoms with E-state index < -0.39 is 0 Å². The van der Waals surface area contributed by atoms with E-state index in [-0.39, 0.29) is 12.1 Å². The predicted molar refractivity (Wildman–Crippen MR) is 214 cm³/mol. The molecule has 2 nitrogen and oxygen atoms in total. The number of allylic oxidation sites excluding steroid dienone is 3. The minimum atomic E-state index is -0.0718. The summed E-state index contributed by atoms with van der Waals surface area (Å²) in [5.74, 6) is 0.394. The van der Waals surface area contributed by atoms with Gasteiger partial charge in [-0.1, -0.05) is 155 Å². The van der Waals surface area contributed by atoms with Crippen molar-refractivity contribution in [3.63, 3.8) is 0 Å². The monoisotopic (exact) mass is 644 g/mol. The Bertz CT molecular complexity index is 2310. The highest BCUT2D eigenvalue weighted by atomic mass is 15.2. The molecular weight excluding hydrogens is 603 g/mol. The summed E-state index contributed by atoms with van der Waals surface area (Å²) in [6.07, 6.45) is 5.83. The van der Waals surface area contributed by atoms with Crippen LogP contribution in [0.2, 0.25) is 0 Å². The fourth-order valence-electron chi connectivity index (χ4n) is 8.47. The molecule has 0 spiro atoms. The van der Waals surface area contributed by atoms with Gasteiger partial charge in [0.15, 0.2) is 0 Å². The molecule has 0 saturated carbocycles. The number of nitrogens with zero attached hydrogens (tertiary/aromatic N) is 2. The maximum Gasteiger partial charge on any atom is 0.247 e. The van der Waals surface area contributed by atoms with E-state index in [0.29, 0.717) is 5.92 Å². The lowest BCUT2D eigenvalue weighted by Crippen LogP contribution is -2.57. The zero-order chi connectivity index (χ0) is 34.0. The summed E-state index contributed by atoms with van der Waals surface area (Å²) in [5.41, 5.74) is 18.0. The molecule has 0 amide bonds. The highest BCUT2D eigenvalue weighted by molar-refractivity contribution is 6.95. The largest absolute Gasteiger partial charge is 0.311 e. The first-order valence-corrected chi connectivity index (χ1v) is 18.0. The van der Waals surface area contributed by atoms with Crippen molar-refractivity contribution in [2.24, 2.45) is 5.92 Å². The van der Waals surface area contributed by atoms with Crippen LogP contribution in [-0.2, 0) is 5.41 Å². The summed E-state index contributed by atoms with van der Waals surface area (Å²) in [4.78, 5) is 5.17. The Hall–Kier alpha value is -5.54. The lowest BCUT2D eigenvalue weighted by molar-refractivity contribution is 0.590. The summed E-state index contributed by atoms with van der Waals surface area (Å²) in [5, 5.41) is 0. The lowest BCUT2D eigenvalue weighted by Gasteiger charge is -2.47. The average Bonchev–Trinajstić information content (AvgIpc) is 3.15. The van der Waals surface area contributed by atoms with Crippen molar-refractivity contribution in [1.82, 2.24) is 0 Å². The van der Waals surface area contributed by atoms with E-state index in [0.717, 1.165) is 6.42 Å². The van der Waals surface area contributed by atoms with E-state index in [1.807, 2.05) is 0 Å². The van der Waals surface area contributed by atoms with Gasteiger partial charge in [-0.05, 0) is 81.8 Å². The molecule has 6 aromatic carbocycles. The van der Waals surface area contributed by atoms with Gasteiger partial charge in [0.1, 0.15) is 0 Å². The first-order valence-electron chi connectivity index (χ1n) is 18.0. The molecule has 1 aliphatic carbocycles. The summed E-state index contributed by atoms with van der Waals surface area (Å²) in [6, 6.07) is 53.8.